The Balaban J connectivity index is 1.78. The second-order valence-electron chi connectivity index (χ2n) is 6.04. The second kappa shape index (κ2) is 7.31. The molecule has 1 aromatic heterocycles. The van der Waals surface area contributed by atoms with E-state index in [2.05, 4.69) is 40.1 Å². The second-order valence-corrected chi connectivity index (χ2v) is 6.04. The van der Waals surface area contributed by atoms with E-state index in [4.69, 9.17) is 5.73 Å². The average molecular weight is 277 g/mol. The molecule has 0 aliphatic heterocycles. The lowest BCUT2D eigenvalue weighted by Gasteiger charge is -2.08. The van der Waals surface area contributed by atoms with Crippen LogP contribution in [0.25, 0.3) is 0 Å². The van der Waals surface area contributed by atoms with Crippen LogP contribution in [-0.2, 0) is 6.54 Å². The fourth-order valence-corrected chi connectivity index (χ4v) is 2.54. The molecule has 5 heteroatoms. The number of hydrogen-bond donors (Lipinski definition) is 2. The summed E-state index contributed by atoms with van der Waals surface area (Å²) in [6, 6.07) is 2.64. The monoisotopic (exact) mass is 277 g/mol. The van der Waals surface area contributed by atoms with E-state index in [9.17, 15) is 0 Å². The molecular weight excluding hydrogens is 250 g/mol. The van der Waals surface area contributed by atoms with Crippen molar-refractivity contribution in [1.29, 1.82) is 0 Å². The third-order valence-corrected chi connectivity index (χ3v) is 3.80. The van der Waals surface area contributed by atoms with Gasteiger partial charge in [-0.3, -0.25) is 4.68 Å². The highest BCUT2D eigenvalue weighted by Gasteiger charge is 2.17. The topological polar surface area (TPSA) is 68.2 Å². The molecule has 1 fully saturated rings. The van der Waals surface area contributed by atoms with Crippen LogP contribution in [-0.4, -0.2) is 22.3 Å². The summed E-state index contributed by atoms with van der Waals surface area (Å²) < 4.78 is 2.10. The maximum Gasteiger partial charge on any atom is 0.188 e. The average Bonchev–Trinajstić information content (AvgIpc) is 3.06. The SMILES string of the molecule is CC(C)CCNC(N)=NCc1ccn(C2CCCC2)n1. The van der Waals surface area contributed by atoms with Gasteiger partial charge in [-0.15, -0.1) is 0 Å². The number of hydrogen-bond acceptors (Lipinski definition) is 2. The van der Waals surface area contributed by atoms with E-state index >= 15 is 0 Å². The maximum absolute atomic E-state index is 5.84. The normalized spacial score (nSPS) is 17.1. The van der Waals surface area contributed by atoms with Crippen molar-refractivity contribution in [3.05, 3.63) is 18.0 Å². The van der Waals surface area contributed by atoms with E-state index in [1.165, 1.54) is 25.7 Å². The Morgan fingerprint density at radius 3 is 2.95 bits per heavy atom. The lowest BCUT2D eigenvalue weighted by molar-refractivity contribution is 0.463. The van der Waals surface area contributed by atoms with E-state index < -0.39 is 0 Å². The molecule has 0 radical (unpaired) electrons. The van der Waals surface area contributed by atoms with Crippen LogP contribution in [0.15, 0.2) is 17.3 Å². The number of nitrogens with zero attached hydrogens (tertiary/aromatic N) is 3. The van der Waals surface area contributed by atoms with Gasteiger partial charge in [0.25, 0.3) is 0 Å². The van der Waals surface area contributed by atoms with E-state index in [0.29, 0.717) is 24.5 Å². The minimum Gasteiger partial charge on any atom is -0.370 e. The molecule has 1 heterocycles. The van der Waals surface area contributed by atoms with Crippen molar-refractivity contribution >= 4 is 5.96 Å². The van der Waals surface area contributed by atoms with Gasteiger partial charge >= 0.3 is 0 Å². The Bertz CT molecular complexity index is 429. The highest BCUT2D eigenvalue weighted by molar-refractivity contribution is 5.77. The van der Waals surface area contributed by atoms with Gasteiger partial charge < -0.3 is 11.1 Å². The Morgan fingerprint density at radius 1 is 1.50 bits per heavy atom. The maximum atomic E-state index is 5.84. The molecular formula is C15H27N5. The Hall–Kier alpha value is -1.52. The summed E-state index contributed by atoms with van der Waals surface area (Å²) >= 11 is 0. The first-order valence-corrected chi connectivity index (χ1v) is 7.73. The predicted octanol–water partition coefficient (Wildman–Crippen LogP) is 2.45. The van der Waals surface area contributed by atoms with Crippen molar-refractivity contribution in [3.8, 4) is 0 Å². The standard InChI is InChI=1S/C15H27N5/c1-12(2)7-9-17-15(16)18-11-13-8-10-20(19-13)14-5-3-4-6-14/h8,10,12,14H,3-7,9,11H2,1-2H3,(H3,16,17,18). The molecule has 0 unspecified atom stereocenters. The van der Waals surface area contributed by atoms with Gasteiger partial charge in [-0.2, -0.15) is 5.10 Å². The number of aliphatic imine (C=N–C) groups is 1. The first kappa shape index (κ1) is 14.9. The van der Waals surface area contributed by atoms with Crippen LogP contribution < -0.4 is 11.1 Å². The third-order valence-electron chi connectivity index (χ3n) is 3.80. The van der Waals surface area contributed by atoms with E-state index in [-0.39, 0.29) is 0 Å². The van der Waals surface area contributed by atoms with Crippen LogP contribution in [0.1, 0.15) is 57.7 Å². The fraction of sp³-hybridized carbons (Fsp3) is 0.733. The van der Waals surface area contributed by atoms with Crippen molar-refractivity contribution in [3.63, 3.8) is 0 Å². The summed E-state index contributed by atoms with van der Waals surface area (Å²) in [6.45, 7) is 5.83. The first-order chi connectivity index (χ1) is 9.65. The van der Waals surface area contributed by atoms with Gasteiger partial charge in [-0.05, 0) is 31.2 Å². The molecule has 5 nitrogen and oxygen atoms in total. The summed E-state index contributed by atoms with van der Waals surface area (Å²) in [5.41, 5.74) is 6.83. The molecule has 0 amide bonds. The molecule has 1 saturated carbocycles. The van der Waals surface area contributed by atoms with E-state index in [1.807, 2.05) is 6.07 Å². The van der Waals surface area contributed by atoms with Crippen molar-refractivity contribution in [2.24, 2.45) is 16.6 Å². The first-order valence-electron chi connectivity index (χ1n) is 7.73. The molecule has 2 rings (SSSR count). The number of rotatable bonds is 6. The molecule has 3 N–H and O–H groups in total. The zero-order chi connectivity index (χ0) is 14.4. The van der Waals surface area contributed by atoms with E-state index in [0.717, 1.165) is 18.7 Å². The molecule has 20 heavy (non-hydrogen) atoms. The molecule has 0 aromatic carbocycles. The zero-order valence-corrected chi connectivity index (χ0v) is 12.7. The van der Waals surface area contributed by atoms with Crippen LogP contribution in [0.5, 0.6) is 0 Å². The number of nitrogens with two attached hydrogens (primary N) is 1. The summed E-state index contributed by atoms with van der Waals surface area (Å²) in [7, 11) is 0. The minimum absolute atomic E-state index is 0.515. The number of aromatic nitrogens is 2. The summed E-state index contributed by atoms with van der Waals surface area (Å²) in [5, 5.41) is 7.74. The van der Waals surface area contributed by atoms with Gasteiger partial charge in [-0.1, -0.05) is 26.7 Å². The Kier molecular flexibility index (Phi) is 5.44. The zero-order valence-electron chi connectivity index (χ0n) is 12.7. The van der Waals surface area contributed by atoms with Crippen molar-refractivity contribution < 1.29 is 0 Å². The third kappa shape index (κ3) is 4.54. The van der Waals surface area contributed by atoms with Gasteiger partial charge in [0.05, 0.1) is 18.3 Å². The van der Waals surface area contributed by atoms with Gasteiger partial charge in [0.1, 0.15) is 0 Å². The van der Waals surface area contributed by atoms with Crippen LogP contribution in [0, 0.1) is 5.92 Å². The summed E-state index contributed by atoms with van der Waals surface area (Å²) in [4.78, 5) is 4.34. The molecule has 1 aliphatic rings. The Morgan fingerprint density at radius 2 is 2.25 bits per heavy atom. The molecule has 1 aromatic rings. The number of guanidine groups is 1. The molecule has 0 spiro atoms. The number of nitrogens with one attached hydrogen (secondary N) is 1. The molecule has 0 atom stereocenters. The van der Waals surface area contributed by atoms with Crippen LogP contribution in [0.4, 0.5) is 0 Å². The van der Waals surface area contributed by atoms with Gasteiger partial charge in [0.2, 0.25) is 0 Å². The van der Waals surface area contributed by atoms with Crippen molar-refractivity contribution in [2.75, 3.05) is 6.54 Å². The highest BCUT2D eigenvalue weighted by atomic mass is 15.3. The lowest BCUT2D eigenvalue weighted by Crippen LogP contribution is -2.32. The summed E-state index contributed by atoms with van der Waals surface area (Å²) in [6.07, 6.45) is 8.33. The van der Waals surface area contributed by atoms with Crippen molar-refractivity contribution in [2.45, 2.75) is 58.5 Å². The molecule has 112 valence electrons. The van der Waals surface area contributed by atoms with Gasteiger partial charge in [-0.25, -0.2) is 4.99 Å². The van der Waals surface area contributed by atoms with E-state index in [1.54, 1.807) is 0 Å². The highest BCUT2D eigenvalue weighted by Crippen LogP contribution is 2.28. The van der Waals surface area contributed by atoms with Gasteiger partial charge in [0.15, 0.2) is 5.96 Å². The van der Waals surface area contributed by atoms with Crippen LogP contribution in [0.2, 0.25) is 0 Å². The molecule has 0 saturated heterocycles. The van der Waals surface area contributed by atoms with Crippen molar-refractivity contribution in [1.82, 2.24) is 15.1 Å². The van der Waals surface area contributed by atoms with Crippen LogP contribution >= 0.6 is 0 Å². The minimum atomic E-state index is 0.515. The molecule has 0 bridgehead atoms. The Labute approximate surface area is 121 Å². The van der Waals surface area contributed by atoms with Crippen LogP contribution in [0.3, 0.4) is 0 Å². The lowest BCUT2D eigenvalue weighted by atomic mass is 10.1. The summed E-state index contributed by atoms with van der Waals surface area (Å²) in [5.74, 6) is 1.19. The fourth-order valence-electron chi connectivity index (χ4n) is 2.54. The molecule has 1 aliphatic carbocycles. The smallest absolute Gasteiger partial charge is 0.188 e. The predicted molar refractivity (Wildman–Crippen MR) is 82.5 cm³/mol. The van der Waals surface area contributed by atoms with Gasteiger partial charge in [0, 0.05) is 12.7 Å². The quantitative estimate of drug-likeness (QED) is 0.620. The largest absolute Gasteiger partial charge is 0.370 e.